The quantitative estimate of drug-likeness (QED) is 0.594. The molecule has 92 valence electrons. The molecule has 0 aliphatic heterocycles. The summed E-state index contributed by atoms with van der Waals surface area (Å²) in [5.41, 5.74) is 1.65. The lowest BCUT2D eigenvalue weighted by atomic mass is 10.1. The van der Waals surface area contributed by atoms with Crippen molar-refractivity contribution in [1.29, 1.82) is 0 Å². The standard InChI is InChI=1S/C14H10Cl2O2/c1-9(17)18-11-5-2-4-10(8-11)12-6-3-7-13(15)14(12)16/h2-8H,1H3. The highest BCUT2D eigenvalue weighted by molar-refractivity contribution is 6.43. The first-order valence-corrected chi connectivity index (χ1v) is 6.06. The highest BCUT2D eigenvalue weighted by atomic mass is 35.5. The maximum absolute atomic E-state index is 10.9. The summed E-state index contributed by atoms with van der Waals surface area (Å²) < 4.78 is 5.03. The van der Waals surface area contributed by atoms with Crippen LogP contribution in [0.1, 0.15) is 6.92 Å². The lowest BCUT2D eigenvalue weighted by Gasteiger charge is -2.08. The van der Waals surface area contributed by atoms with Gasteiger partial charge in [-0.25, -0.2) is 0 Å². The summed E-state index contributed by atoms with van der Waals surface area (Å²) in [5, 5.41) is 0.978. The highest BCUT2D eigenvalue weighted by Gasteiger charge is 2.08. The number of esters is 1. The molecule has 0 heterocycles. The maximum Gasteiger partial charge on any atom is 0.308 e. The van der Waals surface area contributed by atoms with E-state index in [9.17, 15) is 4.79 Å². The molecule has 0 atom stereocenters. The molecule has 0 unspecified atom stereocenters. The second-order valence-corrected chi connectivity index (χ2v) is 4.51. The minimum Gasteiger partial charge on any atom is -0.427 e. The first kappa shape index (κ1) is 12.9. The van der Waals surface area contributed by atoms with E-state index in [2.05, 4.69) is 0 Å². The minimum atomic E-state index is -0.357. The van der Waals surface area contributed by atoms with Crippen molar-refractivity contribution < 1.29 is 9.53 Å². The Hall–Kier alpha value is -1.51. The predicted octanol–water partition coefficient (Wildman–Crippen LogP) is 4.59. The van der Waals surface area contributed by atoms with Gasteiger partial charge in [0.25, 0.3) is 0 Å². The molecule has 2 aromatic rings. The molecule has 4 heteroatoms. The van der Waals surface area contributed by atoms with Gasteiger partial charge in [-0.15, -0.1) is 0 Å². The smallest absolute Gasteiger partial charge is 0.308 e. The molecule has 0 N–H and O–H groups in total. The first-order valence-electron chi connectivity index (χ1n) is 5.31. The van der Waals surface area contributed by atoms with E-state index < -0.39 is 0 Å². The van der Waals surface area contributed by atoms with Gasteiger partial charge in [-0.05, 0) is 23.8 Å². The summed E-state index contributed by atoms with van der Waals surface area (Å²) >= 11 is 12.1. The van der Waals surface area contributed by atoms with Crippen molar-refractivity contribution in [1.82, 2.24) is 0 Å². The second kappa shape index (κ2) is 5.42. The number of carbonyl (C=O) groups is 1. The number of ether oxygens (including phenoxy) is 1. The normalized spacial score (nSPS) is 10.2. The van der Waals surface area contributed by atoms with Crippen molar-refractivity contribution in [3.05, 3.63) is 52.5 Å². The molecule has 0 aromatic heterocycles. The van der Waals surface area contributed by atoms with Gasteiger partial charge < -0.3 is 4.74 Å². The predicted molar refractivity (Wildman–Crippen MR) is 73.2 cm³/mol. The van der Waals surface area contributed by atoms with E-state index in [0.717, 1.165) is 11.1 Å². The monoisotopic (exact) mass is 280 g/mol. The van der Waals surface area contributed by atoms with Gasteiger partial charge in [0.2, 0.25) is 0 Å². The molecule has 2 aromatic carbocycles. The van der Waals surface area contributed by atoms with Gasteiger partial charge in [0, 0.05) is 12.5 Å². The molecule has 0 aliphatic carbocycles. The van der Waals surface area contributed by atoms with Crippen LogP contribution in [0.2, 0.25) is 10.0 Å². The molecule has 0 aliphatic rings. The van der Waals surface area contributed by atoms with Crippen LogP contribution >= 0.6 is 23.2 Å². The second-order valence-electron chi connectivity index (χ2n) is 3.72. The molecular weight excluding hydrogens is 271 g/mol. The molecule has 0 fully saturated rings. The molecule has 0 spiro atoms. The van der Waals surface area contributed by atoms with Gasteiger partial charge >= 0.3 is 5.97 Å². The number of rotatable bonds is 2. The molecule has 0 radical (unpaired) electrons. The Morgan fingerprint density at radius 3 is 2.56 bits per heavy atom. The maximum atomic E-state index is 10.9. The molecule has 2 nitrogen and oxygen atoms in total. The molecule has 2 rings (SSSR count). The van der Waals surface area contributed by atoms with Crippen LogP contribution in [0.25, 0.3) is 11.1 Å². The van der Waals surface area contributed by atoms with E-state index in [1.807, 2.05) is 18.2 Å². The third kappa shape index (κ3) is 2.84. The van der Waals surface area contributed by atoms with Crippen LogP contribution in [0, 0.1) is 0 Å². The molecule has 0 saturated heterocycles. The summed E-state index contributed by atoms with van der Waals surface area (Å²) in [6, 6.07) is 12.5. The van der Waals surface area contributed by atoms with E-state index in [0.29, 0.717) is 15.8 Å². The zero-order valence-electron chi connectivity index (χ0n) is 9.61. The highest BCUT2D eigenvalue weighted by Crippen LogP contribution is 2.34. The van der Waals surface area contributed by atoms with Crippen LogP contribution < -0.4 is 4.74 Å². The van der Waals surface area contributed by atoms with E-state index in [1.165, 1.54) is 6.92 Å². The van der Waals surface area contributed by atoms with Gasteiger partial charge in [-0.3, -0.25) is 4.79 Å². The molecular formula is C14H10Cl2O2. The van der Waals surface area contributed by atoms with E-state index in [4.69, 9.17) is 27.9 Å². The number of hydrogen-bond acceptors (Lipinski definition) is 2. The Labute approximate surface area is 115 Å². The molecule has 0 bridgehead atoms. The topological polar surface area (TPSA) is 26.3 Å². The van der Waals surface area contributed by atoms with Crippen LogP contribution in [0.5, 0.6) is 5.75 Å². The lowest BCUT2D eigenvalue weighted by molar-refractivity contribution is -0.131. The van der Waals surface area contributed by atoms with E-state index in [-0.39, 0.29) is 5.97 Å². The summed E-state index contributed by atoms with van der Waals surface area (Å²) in [7, 11) is 0. The van der Waals surface area contributed by atoms with Crippen molar-refractivity contribution in [2.75, 3.05) is 0 Å². The lowest BCUT2D eigenvalue weighted by Crippen LogP contribution is -2.01. The molecule has 0 amide bonds. The van der Waals surface area contributed by atoms with Crippen LogP contribution in [-0.2, 0) is 4.79 Å². The SMILES string of the molecule is CC(=O)Oc1cccc(-c2cccc(Cl)c2Cl)c1. The molecule has 0 saturated carbocycles. The summed E-state index contributed by atoms with van der Waals surface area (Å²) in [5.74, 6) is 0.125. The van der Waals surface area contributed by atoms with Crippen molar-refractivity contribution in [3.63, 3.8) is 0 Å². The van der Waals surface area contributed by atoms with Crippen LogP contribution in [0.15, 0.2) is 42.5 Å². The number of benzene rings is 2. The van der Waals surface area contributed by atoms with Crippen molar-refractivity contribution in [3.8, 4) is 16.9 Å². The average Bonchev–Trinajstić information content (AvgIpc) is 2.32. The average molecular weight is 281 g/mol. The number of carbonyl (C=O) groups excluding carboxylic acids is 1. The van der Waals surface area contributed by atoms with Crippen LogP contribution in [-0.4, -0.2) is 5.97 Å². The van der Waals surface area contributed by atoms with Gasteiger partial charge in [0.15, 0.2) is 0 Å². The number of halogens is 2. The fraction of sp³-hybridized carbons (Fsp3) is 0.0714. The van der Waals surface area contributed by atoms with Gasteiger partial charge in [0.1, 0.15) is 5.75 Å². The Morgan fingerprint density at radius 2 is 1.83 bits per heavy atom. The summed E-state index contributed by atoms with van der Waals surface area (Å²) in [6.45, 7) is 1.36. The minimum absolute atomic E-state index is 0.357. The third-order valence-corrected chi connectivity index (χ3v) is 3.18. The molecule has 18 heavy (non-hydrogen) atoms. The Bertz CT molecular complexity index is 594. The van der Waals surface area contributed by atoms with Crippen LogP contribution in [0.3, 0.4) is 0 Å². The van der Waals surface area contributed by atoms with Crippen molar-refractivity contribution in [2.45, 2.75) is 6.92 Å². The van der Waals surface area contributed by atoms with Crippen LogP contribution in [0.4, 0.5) is 0 Å². The summed E-state index contributed by atoms with van der Waals surface area (Å²) in [6.07, 6.45) is 0. The van der Waals surface area contributed by atoms with E-state index >= 15 is 0 Å². The van der Waals surface area contributed by atoms with Gasteiger partial charge in [-0.2, -0.15) is 0 Å². The number of hydrogen-bond donors (Lipinski definition) is 0. The van der Waals surface area contributed by atoms with Gasteiger partial charge in [0.05, 0.1) is 10.0 Å². The fourth-order valence-corrected chi connectivity index (χ4v) is 2.03. The van der Waals surface area contributed by atoms with Gasteiger partial charge in [-0.1, -0.05) is 47.5 Å². The zero-order chi connectivity index (χ0) is 13.1. The Kier molecular flexibility index (Phi) is 3.90. The first-order chi connectivity index (χ1) is 8.58. The third-order valence-electron chi connectivity index (χ3n) is 2.36. The van der Waals surface area contributed by atoms with Crippen molar-refractivity contribution >= 4 is 29.2 Å². The summed E-state index contributed by atoms with van der Waals surface area (Å²) in [4.78, 5) is 10.9. The largest absolute Gasteiger partial charge is 0.427 e. The van der Waals surface area contributed by atoms with Crippen molar-refractivity contribution in [2.24, 2.45) is 0 Å². The zero-order valence-corrected chi connectivity index (χ0v) is 11.1. The Balaban J connectivity index is 2.44. The Morgan fingerprint density at radius 1 is 1.11 bits per heavy atom. The van der Waals surface area contributed by atoms with E-state index in [1.54, 1.807) is 24.3 Å². The fourth-order valence-electron chi connectivity index (χ4n) is 1.62.